The van der Waals surface area contributed by atoms with Crippen molar-refractivity contribution in [2.75, 3.05) is 12.4 Å². The number of nitrogens with one attached hydrogen (secondary N) is 1. The highest BCUT2D eigenvalue weighted by atomic mass is 19.3. The summed E-state index contributed by atoms with van der Waals surface area (Å²) in [6.07, 6.45) is -0.421. The third kappa shape index (κ3) is 6.99. The molecule has 1 fully saturated rings. The van der Waals surface area contributed by atoms with Gasteiger partial charge in [-0.1, -0.05) is 0 Å². The molecule has 2 atom stereocenters. The van der Waals surface area contributed by atoms with Crippen LogP contribution in [0.5, 0.6) is 11.6 Å². The van der Waals surface area contributed by atoms with Crippen LogP contribution in [0.4, 0.5) is 29.3 Å². The molecule has 1 aliphatic carbocycles. The number of anilines is 1. The normalized spacial score (nSPS) is 18.3. The lowest BCUT2D eigenvalue weighted by atomic mass is 9.91. The van der Waals surface area contributed by atoms with Crippen molar-refractivity contribution in [1.82, 2.24) is 20.2 Å². The van der Waals surface area contributed by atoms with Crippen LogP contribution in [-0.2, 0) is 4.74 Å². The molecular formula is C30H29F3N6O4. The Morgan fingerprint density at radius 3 is 2.67 bits per heavy atom. The molecule has 1 saturated carbocycles. The maximum absolute atomic E-state index is 15.4. The second-order valence-electron chi connectivity index (χ2n) is 10.3. The molecule has 2 aromatic carbocycles. The van der Waals surface area contributed by atoms with Crippen molar-refractivity contribution < 1.29 is 32.2 Å². The number of alkyl halides is 2. The lowest BCUT2D eigenvalue weighted by Crippen LogP contribution is -2.45. The average molecular weight is 595 g/mol. The zero-order valence-corrected chi connectivity index (χ0v) is 23.9. The summed E-state index contributed by atoms with van der Waals surface area (Å²) in [5.74, 6) is -3.73. The highest BCUT2D eigenvalue weighted by molar-refractivity contribution is 6.09. The Labute approximate surface area is 245 Å². The molecule has 2 aromatic heterocycles. The molecule has 5 rings (SSSR count). The minimum Gasteiger partial charge on any atom is -0.483 e. The molecule has 13 heteroatoms. The summed E-state index contributed by atoms with van der Waals surface area (Å²) in [6.45, 7) is 5.40. The predicted molar refractivity (Wildman–Crippen MR) is 153 cm³/mol. The quantitative estimate of drug-likeness (QED) is 0.241. The van der Waals surface area contributed by atoms with Gasteiger partial charge < -0.3 is 14.2 Å². The van der Waals surface area contributed by atoms with Crippen LogP contribution in [0.1, 0.15) is 42.9 Å². The van der Waals surface area contributed by atoms with E-state index in [1.54, 1.807) is 13.8 Å². The molecule has 2 heterocycles. The van der Waals surface area contributed by atoms with Crippen LogP contribution in [0, 0.1) is 19.7 Å². The molecule has 0 unspecified atom stereocenters. The number of halogens is 3. The topological polar surface area (TPSA) is 121 Å². The number of amides is 1. The second kappa shape index (κ2) is 12.2. The fourth-order valence-electron chi connectivity index (χ4n) is 4.85. The van der Waals surface area contributed by atoms with Gasteiger partial charge in [-0.05, 0) is 62.6 Å². The molecule has 224 valence electrons. The standard InChI is InChI=1S/C30H29F3N6O4/c1-16-9-20(28-23(10-16)39-27(41-4)15-34-28)18(3)37-22-12-21(31)25(11-17(22)2)42-26-13-30(32,33)7-5-24(26)43-29(40)38-19-6-8-35-36-14-19/h6,8-12,14-15,24,26H,5,7,13H2,1-4H3,(H,35,38,40)/b37-18+/t24-,26+/m1/s1. The number of carbonyl (C=O) groups is 1. The highest BCUT2D eigenvalue weighted by Gasteiger charge is 2.45. The first-order chi connectivity index (χ1) is 20.5. The molecule has 1 N–H and O–H groups in total. The number of nitrogens with zero attached hydrogens (tertiary/aromatic N) is 5. The van der Waals surface area contributed by atoms with E-state index in [-0.39, 0.29) is 12.2 Å². The zero-order chi connectivity index (χ0) is 30.7. The maximum atomic E-state index is 15.4. The third-order valence-electron chi connectivity index (χ3n) is 6.98. The Hall–Kier alpha value is -4.81. The number of hydrogen-bond acceptors (Lipinski definition) is 9. The molecular weight excluding hydrogens is 565 g/mol. The van der Waals surface area contributed by atoms with Crippen LogP contribution in [0.3, 0.4) is 0 Å². The molecule has 4 aromatic rings. The Morgan fingerprint density at radius 2 is 1.93 bits per heavy atom. The Kier molecular flexibility index (Phi) is 8.42. The SMILES string of the molecule is COc1cnc2c(/C(C)=N/c3cc(F)c(O[C@H]4CC(F)(F)CC[C@H]4OC(=O)Nc4ccnnc4)cc3C)cc(C)cc2n1. The van der Waals surface area contributed by atoms with Crippen LogP contribution in [-0.4, -0.2) is 57.2 Å². The van der Waals surface area contributed by atoms with Crippen LogP contribution >= 0.6 is 0 Å². The van der Waals surface area contributed by atoms with Crippen molar-refractivity contribution >= 4 is 34.2 Å². The van der Waals surface area contributed by atoms with Crippen LogP contribution in [0.15, 0.2) is 53.9 Å². The Balaban J connectivity index is 1.38. The first-order valence-electron chi connectivity index (χ1n) is 13.5. The number of rotatable bonds is 7. The first kappa shape index (κ1) is 29.7. The molecule has 0 spiro atoms. The fourth-order valence-corrected chi connectivity index (χ4v) is 4.85. The molecule has 0 radical (unpaired) electrons. The molecule has 1 amide bonds. The average Bonchev–Trinajstić information content (AvgIpc) is 2.96. The number of aryl methyl sites for hydroxylation is 2. The van der Waals surface area contributed by atoms with Gasteiger partial charge in [-0.25, -0.2) is 27.9 Å². The van der Waals surface area contributed by atoms with Gasteiger partial charge in [0.2, 0.25) is 5.88 Å². The zero-order valence-electron chi connectivity index (χ0n) is 23.9. The number of aliphatic imine (C=N–C) groups is 1. The van der Waals surface area contributed by atoms with Crippen molar-refractivity contribution in [3.05, 3.63) is 71.4 Å². The van der Waals surface area contributed by atoms with Gasteiger partial charge >= 0.3 is 6.09 Å². The smallest absolute Gasteiger partial charge is 0.412 e. The number of ether oxygens (including phenoxy) is 3. The molecule has 1 aliphatic rings. The van der Waals surface area contributed by atoms with Gasteiger partial charge in [0.1, 0.15) is 12.2 Å². The predicted octanol–water partition coefficient (Wildman–Crippen LogP) is 6.51. The number of fused-ring (bicyclic) bond motifs is 1. The van der Waals surface area contributed by atoms with Gasteiger partial charge in [0.15, 0.2) is 11.6 Å². The molecule has 43 heavy (non-hydrogen) atoms. The third-order valence-corrected chi connectivity index (χ3v) is 6.98. The monoisotopic (exact) mass is 594 g/mol. The first-order valence-corrected chi connectivity index (χ1v) is 13.5. The minimum absolute atomic E-state index is 0.166. The van der Waals surface area contributed by atoms with Gasteiger partial charge in [0.25, 0.3) is 5.92 Å². The van der Waals surface area contributed by atoms with E-state index in [0.29, 0.717) is 39.6 Å². The van der Waals surface area contributed by atoms with Gasteiger partial charge in [0.05, 0.1) is 54.5 Å². The molecule has 10 nitrogen and oxygen atoms in total. The summed E-state index contributed by atoms with van der Waals surface area (Å²) in [7, 11) is 1.51. The number of aromatic nitrogens is 4. The highest BCUT2D eigenvalue weighted by Crippen LogP contribution is 2.38. The Bertz CT molecular complexity index is 1690. The van der Waals surface area contributed by atoms with Crippen LogP contribution in [0.25, 0.3) is 11.0 Å². The summed E-state index contributed by atoms with van der Waals surface area (Å²) in [5, 5.41) is 9.73. The molecule has 0 aliphatic heterocycles. The molecule has 0 bridgehead atoms. The van der Waals surface area contributed by atoms with Gasteiger partial charge in [-0.15, -0.1) is 0 Å². The fraction of sp³-hybridized carbons (Fsp3) is 0.333. The number of hydrogen-bond donors (Lipinski definition) is 1. The minimum atomic E-state index is -3.06. The summed E-state index contributed by atoms with van der Waals surface area (Å²) < 4.78 is 60.4. The van der Waals surface area contributed by atoms with Crippen LogP contribution < -0.4 is 14.8 Å². The number of benzene rings is 2. The van der Waals surface area contributed by atoms with Crippen molar-refractivity contribution in [2.45, 2.75) is 58.2 Å². The van der Waals surface area contributed by atoms with E-state index in [4.69, 9.17) is 14.2 Å². The number of methoxy groups -OCH3 is 1. The molecule has 0 saturated heterocycles. The van der Waals surface area contributed by atoms with E-state index in [2.05, 4.69) is 30.5 Å². The van der Waals surface area contributed by atoms with E-state index < -0.39 is 42.9 Å². The van der Waals surface area contributed by atoms with Crippen molar-refractivity contribution in [2.24, 2.45) is 4.99 Å². The van der Waals surface area contributed by atoms with E-state index >= 15 is 4.39 Å². The Morgan fingerprint density at radius 1 is 1.12 bits per heavy atom. The van der Waals surface area contributed by atoms with Crippen molar-refractivity contribution in [3.63, 3.8) is 0 Å². The van der Waals surface area contributed by atoms with Crippen LogP contribution in [0.2, 0.25) is 0 Å². The van der Waals surface area contributed by atoms with Crippen molar-refractivity contribution in [3.8, 4) is 11.6 Å². The summed E-state index contributed by atoms with van der Waals surface area (Å²) in [6, 6.07) is 7.86. The van der Waals surface area contributed by atoms with E-state index in [1.165, 1.54) is 43.9 Å². The van der Waals surface area contributed by atoms with Gasteiger partial charge in [-0.2, -0.15) is 10.2 Å². The van der Waals surface area contributed by atoms with E-state index in [1.807, 2.05) is 19.1 Å². The second-order valence-corrected chi connectivity index (χ2v) is 10.3. The lowest BCUT2D eigenvalue weighted by Gasteiger charge is -2.35. The van der Waals surface area contributed by atoms with Gasteiger partial charge in [-0.3, -0.25) is 10.3 Å². The lowest BCUT2D eigenvalue weighted by molar-refractivity contribution is -0.114. The van der Waals surface area contributed by atoms with E-state index in [0.717, 1.165) is 11.1 Å². The summed E-state index contributed by atoms with van der Waals surface area (Å²) >= 11 is 0. The summed E-state index contributed by atoms with van der Waals surface area (Å²) in [4.78, 5) is 26.0. The van der Waals surface area contributed by atoms with Crippen molar-refractivity contribution in [1.29, 1.82) is 0 Å². The van der Waals surface area contributed by atoms with E-state index in [9.17, 15) is 13.6 Å². The summed E-state index contributed by atoms with van der Waals surface area (Å²) in [5.41, 5.74) is 4.64. The maximum Gasteiger partial charge on any atom is 0.412 e. The van der Waals surface area contributed by atoms with Gasteiger partial charge in [0, 0.05) is 23.8 Å². The number of carbonyl (C=O) groups excluding carboxylic acids is 1. The largest absolute Gasteiger partial charge is 0.483 e.